The van der Waals surface area contributed by atoms with E-state index in [-0.39, 0.29) is 5.91 Å². The van der Waals surface area contributed by atoms with Crippen molar-refractivity contribution in [2.45, 2.75) is 19.3 Å². The van der Waals surface area contributed by atoms with Crippen LogP contribution in [0.1, 0.15) is 19.3 Å². The highest BCUT2D eigenvalue weighted by Gasteiger charge is 2.16. The van der Waals surface area contributed by atoms with Crippen molar-refractivity contribution in [3.63, 3.8) is 0 Å². The van der Waals surface area contributed by atoms with Crippen LogP contribution in [0.4, 0.5) is 0 Å². The lowest BCUT2D eigenvalue weighted by molar-refractivity contribution is -0.122. The lowest BCUT2D eigenvalue weighted by Gasteiger charge is -2.21. The van der Waals surface area contributed by atoms with Crippen LogP contribution in [0.3, 0.4) is 0 Å². The number of nitrogens with one attached hydrogen (secondary N) is 2. The van der Waals surface area contributed by atoms with Gasteiger partial charge in [0.1, 0.15) is 0 Å². The topological polar surface area (TPSA) is 59.6 Å². The molecule has 0 unspecified atom stereocenters. The van der Waals surface area contributed by atoms with Gasteiger partial charge in [0.2, 0.25) is 5.91 Å². The van der Waals surface area contributed by atoms with Gasteiger partial charge in [-0.2, -0.15) is 0 Å². The molecule has 0 spiro atoms. The van der Waals surface area contributed by atoms with Crippen LogP contribution in [0, 0.1) is 5.92 Å². The number of amides is 1. The second kappa shape index (κ2) is 9.39. The van der Waals surface area contributed by atoms with Crippen LogP contribution in [0.5, 0.6) is 0 Å². The Morgan fingerprint density at radius 2 is 2.06 bits per heavy atom. The summed E-state index contributed by atoms with van der Waals surface area (Å²) in [4.78, 5) is 11.6. The number of hydrogen-bond donors (Lipinski definition) is 2. The first-order chi connectivity index (χ1) is 8.33. The van der Waals surface area contributed by atoms with E-state index < -0.39 is 0 Å². The fraction of sp³-hybridized carbons (Fsp3) is 0.917. The van der Waals surface area contributed by atoms with Crippen molar-refractivity contribution in [2.75, 3.05) is 46.6 Å². The Balaban J connectivity index is 1.93. The van der Waals surface area contributed by atoms with Crippen LogP contribution < -0.4 is 10.6 Å². The van der Waals surface area contributed by atoms with Gasteiger partial charge in [0, 0.05) is 46.4 Å². The van der Waals surface area contributed by atoms with Crippen molar-refractivity contribution >= 4 is 5.91 Å². The van der Waals surface area contributed by atoms with E-state index in [0.29, 0.717) is 25.5 Å². The van der Waals surface area contributed by atoms with Gasteiger partial charge in [0.25, 0.3) is 0 Å². The first-order valence-corrected chi connectivity index (χ1v) is 6.37. The van der Waals surface area contributed by atoms with E-state index in [1.165, 1.54) is 0 Å². The lowest BCUT2D eigenvalue weighted by atomic mass is 9.96. The van der Waals surface area contributed by atoms with Gasteiger partial charge >= 0.3 is 0 Å². The molecule has 2 N–H and O–H groups in total. The molecular formula is C12H24N2O3. The minimum absolute atomic E-state index is 0.158. The van der Waals surface area contributed by atoms with E-state index in [9.17, 15) is 4.79 Å². The van der Waals surface area contributed by atoms with Crippen LogP contribution in [0.2, 0.25) is 0 Å². The normalized spacial score (nSPS) is 17.0. The number of carbonyl (C=O) groups is 1. The zero-order chi connectivity index (χ0) is 12.3. The molecule has 17 heavy (non-hydrogen) atoms. The van der Waals surface area contributed by atoms with Gasteiger partial charge in [-0.3, -0.25) is 4.79 Å². The van der Waals surface area contributed by atoms with E-state index >= 15 is 0 Å². The SMILES string of the molecule is COCCNCCNC(=O)CC1CCOCC1. The molecule has 0 aromatic carbocycles. The van der Waals surface area contributed by atoms with Crippen LogP contribution in [-0.4, -0.2) is 52.5 Å². The molecule has 0 aliphatic carbocycles. The smallest absolute Gasteiger partial charge is 0.220 e. The number of carbonyl (C=O) groups excluding carboxylic acids is 1. The van der Waals surface area contributed by atoms with Crippen molar-refractivity contribution in [3.8, 4) is 0 Å². The molecular weight excluding hydrogens is 220 g/mol. The second-order valence-electron chi connectivity index (χ2n) is 4.35. The van der Waals surface area contributed by atoms with Crippen molar-refractivity contribution in [1.29, 1.82) is 0 Å². The van der Waals surface area contributed by atoms with E-state index in [1.807, 2.05) is 0 Å². The van der Waals surface area contributed by atoms with Gasteiger partial charge in [-0.1, -0.05) is 0 Å². The molecule has 0 radical (unpaired) electrons. The Morgan fingerprint density at radius 3 is 2.76 bits per heavy atom. The van der Waals surface area contributed by atoms with Gasteiger partial charge in [0.05, 0.1) is 6.61 Å². The molecule has 0 atom stereocenters. The number of methoxy groups -OCH3 is 1. The van der Waals surface area contributed by atoms with E-state index in [4.69, 9.17) is 9.47 Å². The number of rotatable bonds is 8. The first-order valence-electron chi connectivity index (χ1n) is 6.37. The summed E-state index contributed by atoms with van der Waals surface area (Å²) in [6, 6.07) is 0. The zero-order valence-corrected chi connectivity index (χ0v) is 10.7. The zero-order valence-electron chi connectivity index (χ0n) is 10.7. The fourth-order valence-corrected chi connectivity index (χ4v) is 1.87. The van der Waals surface area contributed by atoms with Crippen molar-refractivity contribution in [1.82, 2.24) is 10.6 Å². The molecule has 1 aliphatic rings. The summed E-state index contributed by atoms with van der Waals surface area (Å²) in [5, 5.41) is 6.11. The highest BCUT2D eigenvalue weighted by molar-refractivity contribution is 5.76. The highest BCUT2D eigenvalue weighted by atomic mass is 16.5. The number of ether oxygens (including phenoxy) is 2. The summed E-state index contributed by atoms with van der Waals surface area (Å²) in [7, 11) is 1.68. The third-order valence-electron chi connectivity index (χ3n) is 2.92. The average Bonchev–Trinajstić information content (AvgIpc) is 2.35. The fourth-order valence-electron chi connectivity index (χ4n) is 1.87. The van der Waals surface area contributed by atoms with Gasteiger partial charge in [-0.25, -0.2) is 0 Å². The maximum atomic E-state index is 11.6. The molecule has 1 heterocycles. The molecule has 0 aromatic rings. The molecule has 1 rings (SSSR count). The maximum absolute atomic E-state index is 11.6. The molecule has 1 amide bonds. The summed E-state index contributed by atoms with van der Waals surface area (Å²) >= 11 is 0. The van der Waals surface area contributed by atoms with Gasteiger partial charge < -0.3 is 20.1 Å². The Bertz CT molecular complexity index is 206. The second-order valence-corrected chi connectivity index (χ2v) is 4.35. The van der Waals surface area contributed by atoms with Crippen LogP contribution in [-0.2, 0) is 14.3 Å². The molecule has 1 aliphatic heterocycles. The summed E-state index contributed by atoms with van der Waals surface area (Å²) in [5.74, 6) is 0.663. The highest BCUT2D eigenvalue weighted by Crippen LogP contribution is 2.17. The first kappa shape index (κ1) is 14.4. The standard InChI is InChI=1S/C12H24N2O3/c1-16-9-6-13-4-5-14-12(15)10-11-2-7-17-8-3-11/h11,13H,2-10H2,1H3,(H,14,15). The minimum atomic E-state index is 0.158. The minimum Gasteiger partial charge on any atom is -0.383 e. The Morgan fingerprint density at radius 1 is 1.29 bits per heavy atom. The summed E-state index contributed by atoms with van der Waals surface area (Å²) in [6.07, 6.45) is 2.67. The molecule has 1 saturated heterocycles. The van der Waals surface area contributed by atoms with Gasteiger partial charge in [-0.05, 0) is 18.8 Å². The molecule has 0 aromatic heterocycles. The summed E-state index contributed by atoms with van der Waals surface area (Å²) in [6.45, 7) is 4.62. The molecule has 5 heteroatoms. The van der Waals surface area contributed by atoms with E-state index in [0.717, 1.165) is 39.1 Å². The van der Waals surface area contributed by atoms with Gasteiger partial charge in [-0.15, -0.1) is 0 Å². The maximum Gasteiger partial charge on any atom is 0.220 e. The Labute approximate surface area is 103 Å². The molecule has 1 fully saturated rings. The van der Waals surface area contributed by atoms with E-state index in [1.54, 1.807) is 7.11 Å². The van der Waals surface area contributed by atoms with Crippen LogP contribution >= 0.6 is 0 Å². The quantitative estimate of drug-likeness (QED) is 0.597. The Kier molecular flexibility index (Phi) is 7.96. The van der Waals surface area contributed by atoms with E-state index in [2.05, 4.69) is 10.6 Å². The van der Waals surface area contributed by atoms with Crippen molar-refractivity contribution < 1.29 is 14.3 Å². The largest absolute Gasteiger partial charge is 0.383 e. The predicted molar refractivity (Wildman–Crippen MR) is 65.9 cm³/mol. The monoisotopic (exact) mass is 244 g/mol. The third-order valence-corrected chi connectivity index (χ3v) is 2.92. The molecule has 5 nitrogen and oxygen atoms in total. The average molecular weight is 244 g/mol. The van der Waals surface area contributed by atoms with Gasteiger partial charge in [0.15, 0.2) is 0 Å². The van der Waals surface area contributed by atoms with Crippen molar-refractivity contribution in [3.05, 3.63) is 0 Å². The Hall–Kier alpha value is -0.650. The molecule has 100 valence electrons. The number of hydrogen-bond acceptors (Lipinski definition) is 4. The molecule has 0 saturated carbocycles. The summed E-state index contributed by atoms with van der Waals surface area (Å²) < 4.78 is 10.2. The summed E-state index contributed by atoms with van der Waals surface area (Å²) in [5.41, 5.74) is 0. The molecule has 0 bridgehead atoms. The van der Waals surface area contributed by atoms with Crippen LogP contribution in [0.25, 0.3) is 0 Å². The van der Waals surface area contributed by atoms with Crippen molar-refractivity contribution in [2.24, 2.45) is 5.92 Å². The lowest BCUT2D eigenvalue weighted by Crippen LogP contribution is -2.34. The van der Waals surface area contributed by atoms with Crippen LogP contribution in [0.15, 0.2) is 0 Å². The predicted octanol–water partition coefficient (Wildman–Crippen LogP) is 0.155. The third kappa shape index (κ3) is 7.31.